The number of ether oxygens (including phenoxy) is 2. The maximum atomic E-state index is 6.13. The maximum Gasteiger partial charge on any atom is 0.145 e. The van der Waals surface area contributed by atoms with Gasteiger partial charge in [0.15, 0.2) is 0 Å². The molecule has 16 heavy (non-hydrogen) atoms. The van der Waals surface area contributed by atoms with E-state index in [2.05, 4.69) is 12.2 Å². The summed E-state index contributed by atoms with van der Waals surface area (Å²) in [6, 6.07) is 4.25. The number of anilines is 1. The zero-order valence-electron chi connectivity index (χ0n) is 9.91. The molecule has 1 aliphatic rings. The summed E-state index contributed by atoms with van der Waals surface area (Å²) in [6.45, 7) is 2.12. The Balaban J connectivity index is 2.51. The van der Waals surface area contributed by atoms with E-state index in [-0.39, 0.29) is 6.04 Å². The Kier molecular flexibility index (Phi) is 2.92. The van der Waals surface area contributed by atoms with Crippen molar-refractivity contribution in [2.75, 3.05) is 19.5 Å². The Bertz CT molecular complexity index is 393. The number of methoxy groups -OCH3 is 2. The zero-order chi connectivity index (χ0) is 11.7. The summed E-state index contributed by atoms with van der Waals surface area (Å²) >= 11 is 0. The van der Waals surface area contributed by atoms with Crippen LogP contribution in [0.2, 0.25) is 0 Å². The molecule has 2 unspecified atom stereocenters. The molecule has 0 saturated heterocycles. The first kappa shape index (κ1) is 11.1. The second-order valence-corrected chi connectivity index (χ2v) is 4.18. The van der Waals surface area contributed by atoms with Gasteiger partial charge >= 0.3 is 0 Å². The number of benzene rings is 1. The molecule has 1 heterocycles. The molecule has 1 aromatic rings. The molecule has 0 aliphatic carbocycles. The average Bonchev–Trinajstić information content (AvgIpc) is 2.28. The quantitative estimate of drug-likeness (QED) is 0.802. The molecular weight excluding hydrogens is 204 g/mol. The third-order valence-corrected chi connectivity index (χ3v) is 2.96. The Morgan fingerprint density at radius 1 is 1.31 bits per heavy atom. The normalized spacial score (nSPS) is 23.2. The van der Waals surface area contributed by atoms with Crippen LogP contribution in [0.5, 0.6) is 11.5 Å². The van der Waals surface area contributed by atoms with Gasteiger partial charge in [-0.15, -0.1) is 0 Å². The van der Waals surface area contributed by atoms with Gasteiger partial charge in [0, 0.05) is 18.2 Å². The van der Waals surface area contributed by atoms with Crippen molar-refractivity contribution in [1.29, 1.82) is 0 Å². The monoisotopic (exact) mass is 222 g/mol. The van der Waals surface area contributed by atoms with E-state index in [1.165, 1.54) is 0 Å². The van der Waals surface area contributed by atoms with Crippen molar-refractivity contribution in [2.24, 2.45) is 5.73 Å². The van der Waals surface area contributed by atoms with Gasteiger partial charge in [0.25, 0.3) is 0 Å². The van der Waals surface area contributed by atoms with E-state index in [0.29, 0.717) is 6.04 Å². The Morgan fingerprint density at radius 3 is 2.69 bits per heavy atom. The number of nitrogens with one attached hydrogen (secondary N) is 1. The number of hydrogen-bond acceptors (Lipinski definition) is 4. The van der Waals surface area contributed by atoms with E-state index in [4.69, 9.17) is 15.2 Å². The Morgan fingerprint density at radius 2 is 2.06 bits per heavy atom. The topological polar surface area (TPSA) is 56.5 Å². The summed E-state index contributed by atoms with van der Waals surface area (Å²) < 4.78 is 10.6. The summed E-state index contributed by atoms with van der Waals surface area (Å²) in [6.07, 6.45) is 0.920. The SMILES string of the molecule is COc1cc(OC)c2c(c1)C(N)CC(C)N2. The number of fused-ring (bicyclic) bond motifs is 1. The third-order valence-electron chi connectivity index (χ3n) is 2.96. The van der Waals surface area contributed by atoms with E-state index in [1.54, 1.807) is 14.2 Å². The maximum absolute atomic E-state index is 6.13. The van der Waals surface area contributed by atoms with Gasteiger partial charge in [-0.1, -0.05) is 0 Å². The fraction of sp³-hybridized carbons (Fsp3) is 0.500. The molecule has 0 fully saturated rings. The molecule has 1 aromatic carbocycles. The van der Waals surface area contributed by atoms with Crippen molar-refractivity contribution in [2.45, 2.75) is 25.4 Å². The van der Waals surface area contributed by atoms with Crippen molar-refractivity contribution < 1.29 is 9.47 Å². The summed E-state index contributed by atoms with van der Waals surface area (Å²) in [5.41, 5.74) is 8.19. The molecule has 2 atom stereocenters. The minimum absolute atomic E-state index is 0.0373. The molecule has 0 radical (unpaired) electrons. The second-order valence-electron chi connectivity index (χ2n) is 4.18. The lowest BCUT2D eigenvalue weighted by Gasteiger charge is -2.30. The fourth-order valence-electron chi connectivity index (χ4n) is 2.15. The van der Waals surface area contributed by atoms with Crippen LogP contribution in [0.1, 0.15) is 24.9 Å². The lowest BCUT2D eigenvalue weighted by molar-refractivity contribution is 0.391. The first-order valence-electron chi connectivity index (χ1n) is 5.43. The first-order valence-corrected chi connectivity index (χ1v) is 5.43. The molecule has 4 heteroatoms. The highest BCUT2D eigenvalue weighted by Crippen LogP contribution is 2.40. The van der Waals surface area contributed by atoms with Crippen LogP contribution >= 0.6 is 0 Å². The van der Waals surface area contributed by atoms with Crippen LogP contribution in [0.3, 0.4) is 0 Å². The van der Waals surface area contributed by atoms with Gasteiger partial charge in [-0.3, -0.25) is 0 Å². The van der Waals surface area contributed by atoms with Gasteiger partial charge < -0.3 is 20.5 Å². The molecule has 4 nitrogen and oxygen atoms in total. The molecule has 0 saturated carbocycles. The number of nitrogens with two attached hydrogens (primary N) is 1. The van der Waals surface area contributed by atoms with Crippen molar-refractivity contribution in [1.82, 2.24) is 0 Å². The van der Waals surface area contributed by atoms with Crippen LogP contribution in [-0.2, 0) is 0 Å². The van der Waals surface area contributed by atoms with Crippen LogP contribution < -0.4 is 20.5 Å². The standard InChI is InChI=1S/C12H18N2O2/c1-7-4-10(13)9-5-8(15-2)6-11(16-3)12(9)14-7/h5-7,10,14H,4,13H2,1-3H3. The van der Waals surface area contributed by atoms with Gasteiger partial charge in [0.1, 0.15) is 11.5 Å². The largest absolute Gasteiger partial charge is 0.497 e. The molecule has 0 bridgehead atoms. The summed E-state index contributed by atoms with van der Waals surface area (Å²) in [5, 5.41) is 3.40. The predicted molar refractivity (Wildman–Crippen MR) is 64.2 cm³/mol. The molecule has 2 rings (SSSR count). The summed E-state index contributed by atoms with van der Waals surface area (Å²) in [5.74, 6) is 1.57. The molecule has 0 amide bonds. The van der Waals surface area contributed by atoms with Crippen LogP contribution in [0.25, 0.3) is 0 Å². The van der Waals surface area contributed by atoms with E-state index < -0.39 is 0 Å². The van der Waals surface area contributed by atoms with Crippen LogP contribution in [0.4, 0.5) is 5.69 Å². The fourth-order valence-corrected chi connectivity index (χ4v) is 2.15. The van der Waals surface area contributed by atoms with Crippen molar-refractivity contribution >= 4 is 5.69 Å². The van der Waals surface area contributed by atoms with Crippen LogP contribution in [-0.4, -0.2) is 20.3 Å². The van der Waals surface area contributed by atoms with Crippen molar-refractivity contribution in [3.63, 3.8) is 0 Å². The minimum atomic E-state index is 0.0373. The van der Waals surface area contributed by atoms with Crippen molar-refractivity contribution in [3.05, 3.63) is 17.7 Å². The van der Waals surface area contributed by atoms with Crippen LogP contribution in [0.15, 0.2) is 12.1 Å². The predicted octanol–water partition coefficient (Wildman–Crippen LogP) is 1.91. The van der Waals surface area contributed by atoms with E-state index >= 15 is 0 Å². The summed E-state index contributed by atoms with van der Waals surface area (Å²) in [7, 11) is 3.30. The molecule has 0 spiro atoms. The first-order chi connectivity index (χ1) is 7.65. The lowest BCUT2D eigenvalue weighted by atomic mass is 9.93. The van der Waals surface area contributed by atoms with E-state index in [0.717, 1.165) is 29.2 Å². The number of rotatable bonds is 2. The third kappa shape index (κ3) is 1.80. The molecule has 0 aromatic heterocycles. The second kappa shape index (κ2) is 4.22. The van der Waals surface area contributed by atoms with Gasteiger partial charge in [-0.2, -0.15) is 0 Å². The van der Waals surface area contributed by atoms with Gasteiger partial charge in [0.05, 0.1) is 19.9 Å². The smallest absolute Gasteiger partial charge is 0.145 e. The molecule has 1 aliphatic heterocycles. The van der Waals surface area contributed by atoms with Gasteiger partial charge in [-0.05, 0) is 25.0 Å². The average molecular weight is 222 g/mol. The van der Waals surface area contributed by atoms with E-state index in [9.17, 15) is 0 Å². The zero-order valence-corrected chi connectivity index (χ0v) is 9.91. The Hall–Kier alpha value is -1.42. The number of hydrogen-bond donors (Lipinski definition) is 2. The van der Waals surface area contributed by atoms with Gasteiger partial charge in [-0.25, -0.2) is 0 Å². The summed E-state index contributed by atoms with van der Waals surface area (Å²) in [4.78, 5) is 0. The molecule has 88 valence electrons. The Labute approximate surface area is 95.7 Å². The highest BCUT2D eigenvalue weighted by Gasteiger charge is 2.25. The van der Waals surface area contributed by atoms with Crippen LogP contribution in [0, 0.1) is 0 Å². The highest BCUT2D eigenvalue weighted by atomic mass is 16.5. The minimum Gasteiger partial charge on any atom is -0.497 e. The molecule has 3 N–H and O–H groups in total. The van der Waals surface area contributed by atoms with Crippen molar-refractivity contribution in [3.8, 4) is 11.5 Å². The lowest BCUT2D eigenvalue weighted by Crippen LogP contribution is -2.29. The molecular formula is C12H18N2O2. The van der Waals surface area contributed by atoms with E-state index in [1.807, 2.05) is 12.1 Å². The highest BCUT2D eigenvalue weighted by molar-refractivity contribution is 5.67. The van der Waals surface area contributed by atoms with Gasteiger partial charge in [0.2, 0.25) is 0 Å².